The lowest BCUT2D eigenvalue weighted by Gasteiger charge is -2.02. The SMILES string of the molecule is Cc1nn(-c2ccccc2)cc1CN=C(N)NC1CC1.I. The smallest absolute Gasteiger partial charge is 0.189 e. The van der Waals surface area contributed by atoms with Gasteiger partial charge in [-0.25, -0.2) is 9.67 Å². The Morgan fingerprint density at radius 1 is 1.38 bits per heavy atom. The van der Waals surface area contributed by atoms with E-state index in [4.69, 9.17) is 5.73 Å². The quantitative estimate of drug-likeness (QED) is 0.473. The summed E-state index contributed by atoms with van der Waals surface area (Å²) in [6.45, 7) is 2.55. The summed E-state index contributed by atoms with van der Waals surface area (Å²) >= 11 is 0. The molecule has 1 aromatic heterocycles. The average Bonchev–Trinajstić information content (AvgIpc) is 3.19. The van der Waals surface area contributed by atoms with E-state index >= 15 is 0 Å². The largest absolute Gasteiger partial charge is 0.370 e. The van der Waals surface area contributed by atoms with Gasteiger partial charge in [-0.05, 0) is 31.9 Å². The van der Waals surface area contributed by atoms with Crippen LogP contribution in [-0.4, -0.2) is 21.8 Å². The van der Waals surface area contributed by atoms with Crippen molar-refractivity contribution in [1.29, 1.82) is 0 Å². The van der Waals surface area contributed by atoms with E-state index in [1.54, 1.807) is 0 Å². The molecule has 1 fully saturated rings. The van der Waals surface area contributed by atoms with Crippen LogP contribution in [0.1, 0.15) is 24.1 Å². The Kier molecular flexibility index (Phi) is 5.22. The van der Waals surface area contributed by atoms with Crippen molar-refractivity contribution in [2.75, 3.05) is 0 Å². The van der Waals surface area contributed by atoms with E-state index in [9.17, 15) is 0 Å². The van der Waals surface area contributed by atoms with E-state index in [2.05, 4.69) is 15.4 Å². The monoisotopic (exact) mass is 397 g/mol. The van der Waals surface area contributed by atoms with Gasteiger partial charge in [-0.3, -0.25) is 0 Å². The maximum Gasteiger partial charge on any atom is 0.189 e. The van der Waals surface area contributed by atoms with Crippen molar-refractivity contribution in [2.45, 2.75) is 32.4 Å². The van der Waals surface area contributed by atoms with Gasteiger partial charge in [0, 0.05) is 17.8 Å². The van der Waals surface area contributed by atoms with Crippen LogP contribution in [0.25, 0.3) is 5.69 Å². The first-order valence-corrected chi connectivity index (χ1v) is 6.89. The molecule has 0 aliphatic heterocycles. The molecule has 112 valence electrons. The Balaban J connectivity index is 0.00000161. The topological polar surface area (TPSA) is 68.2 Å². The van der Waals surface area contributed by atoms with Crippen molar-refractivity contribution in [3.8, 4) is 5.69 Å². The molecule has 1 aromatic carbocycles. The molecule has 0 amide bonds. The molecule has 0 unspecified atom stereocenters. The highest BCUT2D eigenvalue weighted by molar-refractivity contribution is 14.0. The summed E-state index contributed by atoms with van der Waals surface area (Å²) in [5, 5.41) is 7.70. The third kappa shape index (κ3) is 4.20. The molecule has 0 radical (unpaired) electrons. The van der Waals surface area contributed by atoms with E-state index in [0.717, 1.165) is 16.9 Å². The summed E-state index contributed by atoms with van der Waals surface area (Å²) in [6.07, 6.45) is 4.40. The fourth-order valence-electron chi connectivity index (χ4n) is 2.02. The molecular formula is C15H20IN5. The number of nitrogens with zero attached hydrogens (tertiary/aromatic N) is 3. The van der Waals surface area contributed by atoms with Crippen molar-refractivity contribution in [2.24, 2.45) is 10.7 Å². The van der Waals surface area contributed by atoms with Gasteiger partial charge in [-0.15, -0.1) is 24.0 Å². The van der Waals surface area contributed by atoms with Gasteiger partial charge in [0.15, 0.2) is 5.96 Å². The van der Waals surface area contributed by atoms with Crippen molar-refractivity contribution in [3.63, 3.8) is 0 Å². The maximum atomic E-state index is 5.84. The highest BCUT2D eigenvalue weighted by Gasteiger charge is 2.21. The first kappa shape index (κ1) is 15.8. The first-order chi connectivity index (χ1) is 9.72. The standard InChI is InChI=1S/C15H19N5.HI/c1-11-12(9-17-15(16)18-13-7-8-13)10-20(19-11)14-5-3-2-4-6-14;/h2-6,10,13H,7-9H2,1H3,(H3,16,17,18);1H. The highest BCUT2D eigenvalue weighted by atomic mass is 127. The zero-order valence-corrected chi connectivity index (χ0v) is 14.3. The number of hydrogen-bond donors (Lipinski definition) is 2. The molecule has 0 atom stereocenters. The van der Waals surface area contributed by atoms with Gasteiger partial charge in [0.1, 0.15) is 0 Å². The second-order valence-corrected chi connectivity index (χ2v) is 5.14. The Morgan fingerprint density at radius 3 is 2.76 bits per heavy atom. The molecular weight excluding hydrogens is 377 g/mol. The van der Waals surface area contributed by atoms with Crippen molar-refractivity contribution >= 4 is 29.9 Å². The molecule has 0 spiro atoms. The van der Waals surface area contributed by atoms with E-state index in [1.165, 1.54) is 12.8 Å². The van der Waals surface area contributed by atoms with Gasteiger partial charge in [-0.2, -0.15) is 5.10 Å². The zero-order valence-electron chi connectivity index (χ0n) is 12.0. The van der Waals surface area contributed by atoms with Gasteiger partial charge in [-0.1, -0.05) is 18.2 Å². The molecule has 1 heterocycles. The highest BCUT2D eigenvalue weighted by Crippen LogP contribution is 2.18. The number of rotatable bonds is 4. The van der Waals surface area contributed by atoms with Crippen molar-refractivity contribution < 1.29 is 0 Å². The minimum atomic E-state index is 0. The zero-order chi connectivity index (χ0) is 13.9. The number of nitrogens with two attached hydrogens (primary N) is 1. The molecule has 3 rings (SSSR count). The fraction of sp³-hybridized carbons (Fsp3) is 0.333. The van der Waals surface area contributed by atoms with Gasteiger partial charge >= 0.3 is 0 Å². The molecule has 0 saturated heterocycles. The number of aliphatic imine (C=N–C) groups is 1. The summed E-state index contributed by atoms with van der Waals surface area (Å²) in [6, 6.07) is 10.6. The lowest BCUT2D eigenvalue weighted by atomic mass is 10.3. The summed E-state index contributed by atoms with van der Waals surface area (Å²) in [4.78, 5) is 4.37. The normalized spacial score (nSPS) is 14.6. The Morgan fingerprint density at radius 2 is 2.10 bits per heavy atom. The number of aromatic nitrogens is 2. The van der Waals surface area contributed by atoms with Crippen LogP contribution in [0, 0.1) is 6.92 Å². The number of halogens is 1. The van der Waals surface area contributed by atoms with Gasteiger partial charge in [0.25, 0.3) is 0 Å². The van der Waals surface area contributed by atoms with Crippen LogP contribution >= 0.6 is 24.0 Å². The summed E-state index contributed by atoms with van der Waals surface area (Å²) in [5.41, 5.74) is 8.97. The number of guanidine groups is 1. The Bertz CT molecular complexity index is 616. The Labute approximate surface area is 141 Å². The van der Waals surface area contributed by atoms with Gasteiger partial charge < -0.3 is 11.1 Å². The molecule has 1 aliphatic rings. The number of benzene rings is 1. The van der Waals surface area contributed by atoms with Gasteiger partial charge in [0.2, 0.25) is 0 Å². The summed E-state index contributed by atoms with van der Waals surface area (Å²) in [7, 11) is 0. The number of aryl methyl sites for hydroxylation is 1. The summed E-state index contributed by atoms with van der Waals surface area (Å²) in [5.74, 6) is 0.527. The van der Waals surface area contributed by atoms with Crippen LogP contribution in [0.3, 0.4) is 0 Å². The van der Waals surface area contributed by atoms with E-state index in [0.29, 0.717) is 18.5 Å². The predicted molar refractivity (Wildman–Crippen MR) is 95.2 cm³/mol. The third-order valence-corrected chi connectivity index (χ3v) is 3.37. The van der Waals surface area contributed by atoms with Crippen molar-refractivity contribution in [3.05, 3.63) is 47.8 Å². The maximum absolute atomic E-state index is 5.84. The molecule has 1 saturated carbocycles. The number of hydrogen-bond acceptors (Lipinski definition) is 2. The van der Waals surface area contributed by atoms with Crippen LogP contribution < -0.4 is 11.1 Å². The van der Waals surface area contributed by atoms with Crippen molar-refractivity contribution in [1.82, 2.24) is 15.1 Å². The van der Waals surface area contributed by atoms with Crippen LogP contribution in [0.5, 0.6) is 0 Å². The lowest BCUT2D eigenvalue weighted by Crippen LogP contribution is -2.33. The molecule has 5 nitrogen and oxygen atoms in total. The fourth-order valence-corrected chi connectivity index (χ4v) is 2.02. The predicted octanol–water partition coefficient (Wildman–Crippen LogP) is 2.37. The number of nitrogens with one attached hydrogen (secondary N) is 1. The first-order valence-electron chi connectivity index (χ1n) is 6.89. The molecule has 1 aliphatic carbocycles. The van der Waals surface area contributed by atoms with Crippen LogP contribution in [0.15, 0.2) is 41.5 Å². The van der Waals surface area contributed by atoms with E-state index < -0.39 is 0 Å². The lowest BCUT2D eigenvalue weighted by molar-refractivity contribution is 0.863. The molecule has 6 heteroatoms. The second kappa shape index (κ2) is 6.93. The Hall–Kier alpha value is -1.57. The van der Waals surface area contributed by atoms with Crippen LogP contribution in [0.4, 0.5) is 0 Å². The third-order valence-electron chi connectivity index (χ3n) is 3.37. The van der Waals surface area contributed by atoms with E-state index in [-0.39, 0.29) is 24.0 Å². The average molecular weight is 397 g/mol. The minimum Gasteiger partial charge on any atom is -0.370 e. The minimum absolute atomic E-state index is 0. The van der Waals surface area contributed by atoms with Crippen LogP contribution in [0.2, 0.25) is 0 Å². The molecule has 21 heavy (non-hydrogen) atoms. The van der Waals surface area contributed by atoms with E-state index in [1.807, 2.05) is 48.1 Å². The second-order valence-electron chi connectivity index (χ2n) is 5.14. The summed E-state index contributed by atoms with van der Waals surface area (Å²) < 4.78 is 1.88. The molecule has 2 aromatic rings. The molecule has 0 bridgehead atoms. The number of para-hydroxylation sites is 1. The van der Waals surface area contributed by atoms with Crippen LogP contribution in [-0.2, 0) is 6.54 Å². The van der Waals surface area contributed by atoms with Gasteiger partial charge in [0.05, 0.1) is 17.9 Å². The molecule has 3 N–H and O–H groups in total.